The maximum absolute atomic E-state index is 11.4. The molecule has 0 bridgehead atoms. The Morgan fingerprint density at radius 3 is 2.84 bits per heavy atom. The lowest BCUT2D eigenvalue weighted by molar-refractivity contribution is 0.397. The predicted octanol–water partition coefficient (Wildman–Crippen LogP) is 1.35. The molecule has 6 nitrogen and oxygen atoms in total. The Morgan fingerprint density at radius 2 is 2.32 bits per heavy atom. The number of aromatic amines is 1. The van der Waals surface area contributed by atoms with Gasteiger partial charge in [0.2, 0.25) is 0 Å². The van der Waals surface area contributed by atoms with Gasteiger partial charge in [-0.3, -0.25) is 9.88 Å². The molecule has 0 spiro atoms. The number of hydrogen-bond acceptors (Lipinski definition) is 5. The molecule has 0 fully saturated rings. The zero-order valence-electron chi connectivity index (χ0n) is 11.9. The fourth-order valence-corrected chi connectivity index (χ4v) is 3.01. The second-order valence-electron chi connectivity index (χ2n) is 4.90. The van der Waals surface area contributed by atoms with Crippen molar-refractivity contribution in [2.24, 2.45) is 0 Å². The number of nitrogens with one attached hydrogen (secondary N) is 2. The van der Waals surface area contributed by atoms with Crippen LogP contribution in [0.15, 0.2) is 9.95 Å². The first-order chi connectivity index (χ1) is 8.91. The second kappa shape index (κ2) is 6.78. The van der Waals surface area contributed by atoms with Crippen molar-refractivity contribution in [3.63, 3.8) is 0 Å². The van der Waals surface area contributed by atoms with Crippen LogP contribution in [-0.2, 0) is 6.54 Å². The van der Waals surface area contributed by atoms with Gasteiger partial charge in [0.15, 0.2) is 5.16 Å². The van der Waals surface area contributed by atoms with Gasteiger partial charge in [0, 0.05) is 18.3 Å². The molecule has 1 rings (SSSR count). The van der Waals surface area contributed by atoms with Crippen molar-refractivity contribution in [3.8, 4) is 6.07 Å². The quantitative estimate of drug-likeness (QED) is 0.738. The molecule has 0 saturated heterocycles. The fourth-order valence-electron chi connectivity index (χ4n) is 1.84. The molecule has 0 aliphatic carbocycles. The van der Waals surface area contributed by atoms with E-state index in [1.807, 2.05) is 27.7 Å². The molecule has 2 N–H and O–H groups in total. The monoisotopic (exact) mass is 283 g/mol. The van der Waals surface area contributed by atoms with E-state index in [9.17, 15) is 10.1 Å². The van der Waals surface area contributed by atoms with Gasteiger partial charge in [0.25, 0.3) is 0 Å². The van der Waals surface area contributed by atoms with Crippen LogP contribution in [0.5, 0.6) is 0 Å². The van der Waals surface area contributed by atoms with Crippen LogP contribution in [0, 0.1) is 11.3 Å². The van der Waals surface area contributed by atoms with E-state index in [2.05, 4.69) is 21.6 Å². The van der Waals surface area contributed by atoms with Crippen molar-refractivity contribution in [3.05, 3.63) is 10.5 Å². The highest BCUT2D eigenvalue weighted by atomic mass is 32.2. The average Bonchev–Trinajstić information content (AvgIpc) is 2.69. The minimum atomic E-state index is -0.547. The largest absolute Gasteiger partial charge is 0.343 e. The molecule has 0 aliphatic rings. The Morgan fingerprint density at radius 1 is 1.63 bits per heavy atom. The zero-order valence-corrected chi connectivity index (χ0v) is 12.7. The number of aromatic nitrogens is 3. The Hall–Kier alpha value is -1.26. The Kier molecular flexibility index (Phi) is 5.63. The van der Waals surface area contributed by atoms with E-state index in [1.54, 1.807) is 4.57 Å². The van der Waals surface area contributed by atoms with Crippen LogP contribution in [0.25, 0.3) is 0 Å². The third-order valence-electron chi connectivity index (χ3n) is 2.73. The molecule has 106 valence electrons. The van der Waals surface area contributed by atoms with Crippen LogP contribution in [-0.4, -0.2) is 32.1 Å². The lowest BCUT2D eigenvalue weighted by Gasteiger charge is -2.25. The number of thioether (sulfide) groups is 1. The normalized spacial score (nSPS) is 14.3. The van der Waals surface area contributed by atoms with Gasteiger partial charge in [0.1, 0.15) is 5.54 Å². The standard InChI is InChI=1S/C12H21N5OS/c1-5-17-10(18)15-16-11(17)19-7-6-12(4,8-13)14-9(2)3/h9,14H,5-7H2,1-4H3,(H,15,18). The average molecular weight is 283 g/mol. The highest BCUT2D eigenvalue weighted by Gasteiger charge is 2.24. The lowest BCUT2D eigenvalue weighted by Crippen LogP contribution is -2.45. The summed E-state index contributed by atoms with van der Waals surface area (Å²) in [5, 5.41) is 19.6. The van der Waals surface area contributed by atoms with Crippen LogP contribution < -0.4 is 11.0 Å². The molecule has 1 unspecified atom stereocenters. The molecule has 0 aliphatic heterocycles. The van der Waals surface area contributed by atoms with Crippen molar-refractivity contribution < 1.29 is 0 Å². The van der Waals surface area contributed by atoms with Gasteiger partial charge < -0.3 is 0 Å². The number of hydrogen-bond donors (Lipinski definition) is 2. The SMILES string of the molecule is CCn1c(SCCC(C)(C#N)NC(C)C)n[nH]c1=O. The molecular formula is C12H21N5OS. The summed E-state index contributed by atoms with van der Waals surface area (Å²) in [5.41, 5.74) is -0.734. The van der Waals surface area contributed by atoms with Crippen LogP contribution in [0.1, 0.15) is 34.1 Å². The van der Waals surface area contributed by atoms with Gasteiger partial charge >= 0.3 is 5.69 Å². The molecule has 1 aromatic rings. The van der Waals surface area contributed by atoms with Gasteiger partial charge in [-0.2, -0.15) is 5.26 Å². The summed E-state index contributed by atoms with van der Waals surface area (Å²) in [6.45, 7) is 8.43. The van der Waals surface area contributed by atoms with Crippen LogP contribution >= 0.6 is 11.8 Å². The first-order valence-corrected chi connectivity index (χ1v) is 7.37. The van der Waals surface area contributed by atoms with E-state index in [-0.39, 0.29) is 11.7 Å². The van der Waals surface area contributed by atoms with Crippen molar-refractivity contribution in [2.45, 2.75) is 57.4 Å². The second-order valence-corrected chi connectivity index (χ2v) is 5.96. The minimum absolute atomic E-state index is 0.187. The highest BCUT2D eigenvalue weighted by Crippen LogP contribution is 2.19. The zero-order chi connectivity index (χ0) is 14.5. The predicted molar refractivity (Wildman–Crippen MR) is 76.2 cm³/mol. The fraction of sp³-hybridized carbons (Fsp3) is 0.750. The Labute approximate surface area is 117 Å². The number of H-pyrrole nitrogens is 1. The maximum Gasteiger partial charge on any atom is 0.343 e. The van der Waals surface area contributed by atoms with Crippen LogP contribution in [0.2, 0.25) is 0 Å². The van der Waals surface area contributed by atoms with E-state index >= 15 is 0 Å². The minimum Gasteiger partial charge on any atom is -0.297 e. The smallest absolute Gasteiger partial charge is 0.297 e. The van der Waals surface area contributed by atoms with Gasteiger partial charge in [-0.25, -0.2) is 9.89 Å². The molecule has 1 heterocycles. The summed E-state index contributed by atoms with van der Waals surface area (Å²) in [4.78, 5) is 11.4. The highest BCUT2D eigenvalue weighted by molar-refractivity contribution is 7.99. The molecule has 0 amide bonds. The molecule has 19 heavy (non-hydrogen) atoms. The molecule has 7 heteroatoms. The maximum atomic E-state index is 11.4. The molecule has 1 atom stereocenters. The van der Waals surface area contributed by atoms with E-state index in [4.69, 9.17) is 0 Å². The third kappa shape index (κ3) is 4.40. The van der Waals surface area contributed by atoms with E-state index < -0.39 is 5.54 Å². The Balaban J connectivity index is 2.58. The first kappa shape index (κ1) is 15.8. The topological polar surface area (TPSA) is 86.5 Å². The van der Waals surface area contributed by atoms with E-state index in [1.165, 1.54) is 11.8 Å². The van der Waals surface area contributed by atoms with Crippen molar-refractivity contribution >= 4 is 11.8 Å². The number of rotatable bonds is 7. The van der Waals surface area contributed by atoms with E-state index in [0.29, 0.717) is 18.1 Å². The van der Waals surface area contributed by atoms with Crippen LogP contribution in [0.3, 0.4) is 0 Å². The summed E-state index contributed by atoms with van der Waals surface area (Å²) < 4.78 is 1.59. The van der Waals surface area contributed by atoms with Gasteiger partial charge in [-0.05, 0) is 34.1 Å². The lowest BCUT2D eigenvalue weighted by atomic mass is 10.0. The summed E-state index contributed by atoms with van der Waals surface area (Å²) in [5.74, 6) is 0.730. The van der Waals surface area contributed by atoms with E-state index in [0.717, 1.165) is 5.75 Å². The molecule has 0 aromatic carbocycles. The van der Waals surface area contributed by atoms with Crippen LogP contribution in [0.4, 0.5) is 0 Å². The van der Waals surface area contributed by atoms with Crippen molar-refractivity contribution in [1.82, 2.24) is 20.1 Å². The third-order valence-corrected chi connectivity index (χ3v) is 3.70. The van der Waals surface area contributed by atoms with Gasteiger partial charge in [0.05, 0.1) is 6.07 Å². The summed E-state index contributed by atoms with van der Waals surface area (Å²) >= 11 is 1.49. The summed E-state index contributed by atoms with van der Waals surface area (Å²) in [6.07, 6.45) is 0.692. The molecule has 1 aromatic heterocycles. The number of nitriles is 1. The van der Waals surface area contributed by atoms with Crippen molar-refractivity contribution in [1.29, 1.82) is 5.26 Å². The van der Waals surface area contributed by atoms with Crippen molar-refractivity contribution in [2.75, 3.05) is 5.75 Å². The Bertz CT molecular complexity index is 501. The summed E-state index contributed by atoms with van der Waals surface area (Å²) in [7, 11) is 0. The van der Waals surface area contributed by atoms with Gasteiger partial charge in [-0.1, -0.05) is 11.8 Å². The summed E-state index contributed by atoms with van der Waals surface area (Å²) in [6, 6.07) is 2.57. The van der Waals surface area contributed by atoms with Gasteiger partial charge in [-0.15, -0.1) is 5.10 Å². The number of nitrogens with zero attached hydrogens (tertiary/aromatic N) is 3. The first-order valence-electron chi connectivity index (χ1n) is 6.39. The molecule has 0 saturated carbocycles. The molecule has 0 radical (unpaired) electrons. The molecular weight excluding hydrogens is 262 g/mol.